The van der Waals surface area contributed by atoms with Crippen molar-refractivity contribution >= 4 is 0 Å². The summed E-state index contributed by atoms with van der Waals surface area (Å²) in [5.74, 6) is 0. The van der Waals surface area contributed by atoms with E-state index in [1.165, 1.54) is 25.7 Å². The SMILES string of the molecule is CCCCCCCC(C)(O)C(C)(C)C. The van der Waals surface area contributed by atoms with E-state index in [0.29, 0.717) is 0 Å². The largest absolute Gasteiger partial charge is 0.390 e. The van der Waals surface area contributed by atoms with Gasteiger partial charge in [0, 0.05) is 0 Å². The van der Waals surface area contributed by atoms with Crippen molar-refractivity contribution in [2.75, 3.05) is 0 Å². The third-order valence-electron chi connectivity index (χ3n) is 3.38. The molecule has 1 N–H and O–H groups in total. The first-order valence-corrected chi connectivity index (χ1v) is 6.03. The fourth-order valence-corrected chi connectivity index (χ4v) is 1.45. The summed E-state index contributed by atoms with van der Waals surface area (Å²) in [6.07, 6.45) is 7.29. The Balaban J connectivity index is 3.67. The second-order valence-corrected chi connectivity index (χ2v) is 5.69. The van der Waals surface area contributed by atoms with Crippen LogP contribution in [0.5, 0.6) is 0 Å². The van der Waals surface area contributed by atoms with Gasteiger partial charge in [-0.05, 0) is 18.8 Å². The van der Waals surface area contributed by atoms with Gasteiger partial charge in [0.1, 0.15) is 0 Å². The summed E-state index contributed by atoms with van der Waals surface area (Å²) in [6, 6.07) is 0. The summed E-state index contributed by atoms with van der Waals surface area (Å²) in [5.41, 5.74) is -0.517. The van der Waals surface area contributed by atoms with Crippen LogP contribution in [0.2, 0.25) is 0 Å². The summed E-state index contributed by atoms with van der Waals surface area (Å²) < 4.78 is 0. The van der Waals surface area contributed by atoms with Crippen LogP contribution < -0.4 is 0 Å². The van der Waals surface area contributed by atoms with E-state index in [2.05, 4.69) is 27.7 Å². The molecule has 0 amide bonds. The van der Waals surface area contributed by atoms with Gasteiger partial charge in [0.05, 0.1) is 5.60 Å². The fourth-order valence-electron chi connectivity index (χ4n) is 1.45. The lowest BCUT2D eigenvalue weighted by Gasteiger charge is -2.37. The Hall–Kier alpha value is -0.0400. The molecular weight excluding hydrogens is 172 g/mol. The lowest BCUT2D eigenvalue weighted by atomic mass is 9.75. The van der Waals surface area contributed by atoms with E-state index in [0.717, 1.165) is 12.8 Å². The molecule has 0 heterocycles. The maximum atomic E-state index is 10.2. The molecule has 14 heavy (non-hydrogen) atoms. The molecule has 0 aromatic carbocycles. The quantitative estimate of drug-likeness (QED) is 0.639. The topological polar surface area (TPSA) is 20.2 Å². The van der Waals surface area contributed by atoms with E-state index in [1.807, 2.05) is 6.92 Å². The minimum absolute atomic E-state index is 0.00223. The lowest BCUT2D eigenvalue weighted by Crippen LogP contribution is -2.39. The van der Waals surface area contributed by atoms with E-state index in [1.54, 1.807) is 0 Å². The van der Waals surface area contributed by atoms with Gasteiger partial charge in [-0.15, -0.1) is 0 Å². The fraction of sp³-hybridized carbons (Fsp3) is 1.00. The molecular formula is C13H28O. The molecule has 1 heteroatoms. The summed E-state index contributed by atoms with van der Waals surface area (Å²) in [5, 5.41) is 10.2. The number of unbranched alkanes of at least 4 members (excludes halogenated alkanes) is 4. The Morgan fingerprint density at radius 2 is 1.36 bits per heavy atom. The summed E-state index contributed by atoms with van der Waals surface area (Å²) in [7, 11) is 0. The predicted molar refractivity (Wildman–Crippen MR) is 63.5 cm³/mol. The van der Waals surface area contributed by atoms with E-state index in [4.69, 9.17) is 0 Å². The molecule has 1 unspecified atom stereocenters. The van der Waals surface area contributed by atoms with Crippen LogP contribution >= 0.6 is 0 Å². The van der Waals surface area contributed by atoms with Gasteiger partial charge in [-0.25, -0.2) is 0 Å². The third-order valence-corrected chi connectivity index (χ3v) is 3.38. The van der Waals surface area contributed by atoms with Crippen LogP contribution in [-0.2, 0) is 0 Å². The highest BCUT2D eigenvalue weighted by molar-refractivity contribution is 4.85. The van der Waals surface area contributed by atoms with Crippen molar-refractivity contribution in [3.8, 4) is 0 Å². The maximum absolute atomic E-state index is 10.2. The average Bonchev–Trinajstić information content (AvgIpc) is 2.02. The number of hydrogen-bond donors (Lipinski definition) is 1. The number of rotatable bonds is 6. The first-order chi connectivity index (χ1) is 6.31. The molecule has 0 aliphatic rings. The normalized spacial score (nSPS) is 16.7. The van der Waals surface area contributed by atoms with Crippen molar-refractivity contribution in [2.45, 2.75) is 78.7 Å². The van der Waals surface area contributed by atoms with Crippen molar-refractivity contribution in [3.05, 3.63) is 0 Å². The number of aliphatic hydroxyl groups is 1. The number of hydrogen-bond acceptors (Lipinski definition) is 1. The summed E-state index contributed by atoms with van der Waals surface area (Å²) in [6.45, 7) is 10.5. The zero-order valence-corrected chi connectivity index (χ0v) is 10.7. The van der Waals surface area contributed by atoms with Crippen LogP contribution in [0.25, 0.3) is 0 Å². The highest BCUT2D eigenvalue weighted by atomic mass is 16.3. The summed E-state index contributed by atoms with van der Waals surface area (Å²) >= 11 is 0. The molecule has 0 bridgehead atoms. The molecule has 0 radical (unpaired) electrons. The summed E-state index contributed by atoms with van der Waals surface area (Å²) in [4.78, 5) is 0. The zero-order chi connectivity index (χ0) is 11.2. The van der Waals surface area contributed by atoms with Crippen molar-refractivity contribution in [3.63, 3.8) is 0 Å². The highest BCUT2D eigenvalue weighted by Gasteiger charge is 2.34. The van der Waals surface area contributed by atoms with E-state index in [-0.39, 0.29) is 5.41 Å². The van der Waals surface area contributed by atoms with Gasteiger partial charge in [0.2, 0.25) is 0 Å². The second kappa shape index (κ2) is 5.75. The molecule has 86 valence electrons. The molecule has 1 nitrogen and oxygen atoms in total. The smallest absolute Gasteiger partial charge is 0.0667 e. The second-order valence-electron chi connectivity index (χ2n) is 5.69. The first-order valence-electron chi connectivity index (χ1n) is 6.03. The van der Waals surface area contributed by atoms with Gasteiger partial charge in [0.15, 0.2) is 0 Å². The molecule has 0 aliphatic carbocycles. The van der Waals surface area contributed by atoms with Crippen LogP contribution in [0, 0.1) is 5.41 Å². The minimum Gasteiger partial charge on any atom is -0.390 e. The van der Waals surface area contributed by atoms with E-state index >= 15 is 0 Å². The Morgan fingerprint density at radius 3 is 1.79 bits per heavy atom. The van der Waals surface area contributed by atoms with Gasteiger partial charge in [0.25, 0.3) is 0 Å². The molecule has 0 aliphatic heterocycles. The van der Waals surface area contributed by atoms with Crippen molar-refractivity contribution in [1.29, 1.82) is 0 Å². The van der Waals surface area contributed by atoms with Crippen LogP contribution in [0.4, 0.5) is 0 Å². The third kappa shape index (κ3) is 4.99. The van der Waals surface area contributed by atoms with Crippen LogP contribution in [0.15, 0.2) is 0 Å². The van der Waals surface area contributed by atoms with Crippen LogP contribution in [-0.4, -0.2) is 10.7 Å². The van der Waals surface area contributed by atoms with E-state index < -0.39 is 5.60 Å². The van der Waals surface area contributed by atoms with Crippen molar-refractivity contribution in [2.24, 2.45) is 5.41 Å². The highest BCUT2D eigenvalue weighted by Crippen LogP contribution is 2.34. The predicted octanol–water partition coefficient (Wildman–Crippen LogP) is 4.14. The Morgan fingerprint density at radius 1 is 0.857 bits per heavy atom. The van der Waals surface area contributed by atoms with Crippen LogP contribution in [0.3, 0.4) is 0 Å². The van der Waals surface area contributed by atoms with Gasteiger partial charge in [-0.3, -0.25) is 0 Å². The zero-order valence-electron chi connectivity index (χ0n) is 10.7. The van der Waals surface area contributed by atoms with Gasteiger partial charge in [-0.2, -0.15) is 0 Å². The maximum Gasteiger partial charge on any atom is 0.0667 e. The average molecular weight is 200 g/mol. The molecule has 0 saturated carbocycles. The Kier molecular flexibility index (Phi) is 5.73. The molecule has 1 atom stereocenters. The molecule has 0 aromatic rings. The molecule has 0 fully saturated rings. The van der Waals surface area contributed by atoms with Gasteiger partial charge < -0.3 is 5.11 Å². The van der Waals surface area contributed by atoms with Crippen LogP contribution in [0.1, 0.15) is 73.1 Å². The molecule has 0 saturated heterocycles. The molecule has 0 rings (SSSR count). The monoisotopic (exact) mass is 200 g/mol. The van der Waals surface area contributed by atoms with Crippen molar-refractivity contribution in [1.82, 2.24) is 0 Å². The Labute approximate surface area is 89.9 Å². The van der Waals surface area contributed by atoms with E-state index in [9.17, 15) is 5.11 Å². The molecule has 0 spiro atoms. The molecule has 0 aromatic heterocycles. The van der Waals surface area contributed by atoms with Crippen molar-refractivity contribution < 1.29 is 5.11 Å². The lowest BCUT2D eigenvalue weighted by molar-refractivity contribution is -0.0496. The van der Waals surface area contributed by atoms with Gasteiger partial charge >= 0.3 is 0 Å². The Bertz CT molecular complexity index is 142. The minimum atomic E-state index is -0.515. The van der Waals surface area contributed by atoms with Gasteiger partial charge in [-0.1, -0.05) is 59.8 Å². The standard InChI is InChI=1S/C13H28O/c1-6-7-8-9-10-11-13(5,14)12(2,3)4/h14H,6-11H2,1-5H3. The first kappa shape index (κ1) is 14.0.